The highest BCUT2D eigenvalue weighted by molar-refractivity contribution is 9.10. The first-order valence-corrected chi connectivity index (χ1v) is 9.89. The Morgan fingerprint density at radius 2 is 1.87 bits per heavy atom. The van der Waals surface area contributed by atoms with E-state index >= 15 is 0 Å². The minimum Gasteiger partial charge on any atom is -0.493 e. The number of hydrogen-bond acceptors (Lipinski definition) is 6. The lowest BCUT2D eigenvalue weighted by molar-refractivity contribution is -0.384. The smallest absolute Gasteiger partial charge is 0.271 e. The number of carbonyl (C=O) groups is 1. The number of rotatable bonds is 8. The molecule has 0 aromatic heterocycles. The molecule has 158 valence electrons. The van der Waals surface area contributed by atoms with E-state index in [2.05, 4.69) is 26.5 Å². The Labute approximate surface area is 186 Å². The summed E-state index contributed by atoms with van der Waals surface area (Å²) >= 11 is 3.46. The monoisotopic (exact) mass is 483 g/mol. The lowest BCUT2D eigenvalue weighted by Crippen LogP contribution is -2.17. The van der Waals surface area contributed by atoms with Crippen LogP contribution in [0.25, 0.3) is 0 Å². The van der Waals surface area contributed by atoms with E-state index in [0.29, 0.717) is 27.1 Å². The molecule has 0 atom stereocenters. The predicted octanol–water partition coefficient (Wildman–Crippen LogP) is 4.71. The number of benzene rings is 3. The topological polar surface area (TPSA) is 103 Å². The number of carbonyl (C=O) groups excluding carboxylic acids is 1. The van der Waals surface area contributed by atoms with Gasteiger partial charge in [-0.2, -0.15) is 5.10 Å². The van der Waals surface area contributed by atoms with Crippen molar-refractivity contribution < 1.29 is 19.2 Å². The van der Waals surface area contributed by atoms with E-state index in [9.17, 15) is 14.9 Å². The Balaban J connectivity index is 1.68. The molecule has 0 fully saturated rings. The van der Waals surface area contributed by atoms with Crippen molar-refractivity contribution in [3.63, 3.8) is 0 Å². The number of hydrogen-bond donors (Lipinski definition) is 1. The summed E-state index contributed by atoms with van der Waals surface area (Å²) in [6, 6.07) is 18.4. The zero-order valence-electron chi connectivity index (χ0n) is 16.4. The number of hydrazone groups is 1. The van der Waals surface area contributed by atoms with Crippen LogP contribution in [0.2, 0.25) is 0 Å². The summed E-state index contributed by atoms with van der Waals surface area (Å²) in [5, 5.41) is 14.7. The molecule has 0 aliphatic rings. The van der Waals surface area contributed by atoms with Gasteiger partial charge >= 0.3 is 0 Å². The van der Waals surface area contributed by atoms with Crippen LogP contribution in [-0.4, -0.2) is 24.2 Å². The molecule has 1 N–H and O–H groups in total. The van der Waals surface area contributed by atoms with E-state index in [1.54, 1.807) is 48.5 Å². The molecule has 0 bridgehead atoms. The Kier molecular flexibility index (Phi) is 7.34. The predicted molar refractivity (Wildman–Crippen MR) is 120 cm³/mol. The van der Waals surface area contributed by atoms with Crippen molar-refractivity contribution in [3.05, 3.63) is 98.0 Å². The number of nitro benzene ring substituents is 1. The molecule has 0 radical (unpaired) electrons. The molecule has 0 heterocycles. The maximum atomic E-state index is 12.0. The highest BCUT2D eigenvalue weighted by Crippen LogP contribution is 2.37. The summed E-state index contributed by atoms with van der Waals surface area (Å²) < 4.78 is 11.9. The van der Waals surface area contributed by atoms with Gasteiger partial charge in [0.15, 0.2) is 11.5 Å². The molecule has 0 aliphatic heterocycles. The molecule has 3 aromatic carbocycles. The van der Waals surface area contributed by atoms with E-state index in [1.807, 2.05) is 6.07 Å². The normalized spacial score (nSPS) is 10.6. The molecule has 9 heteroatoms. The average molecular weight is 484 g/mol. The van der Waals surface area contributed by atoms with Gasteiger partial charge in [-0.1, -0.05) is 18.2 Å². The minimum absolute atomic E-state index is 0.0190. The second-order valence-corrected chi connectivity index (χ2v) is 7.17. The summed E-state index contributed by atoms with van der Waals surface area (Å²) in [4.78, 5) is 22.3. The molecule has 0 saturated carbocycles. The van der Waals surface area contributed by atoms with Crippen LogP contribution in [0.1, 0.15) is 21.5 Å². The molecule has 3 rings (SSSR count). The van der Waals surface area contributed by atoms with Gasteiger partial charge in [-0.3, -0.25) is 14.9 Å². The molecule has 31 heavy (non-hydrogen) atoms. The standard InChI is InChI=1S/C22H18BrN3O5/c1-30-20-12-16(13-24-25-22(27)17-5-3-2-4-6-17)11-19(23)21(20)31-14-15-7-9-18(10-8-15)26(28)29/h2-13H,14H2,1H3,(H,25,27)/b24-13-. The highest BCUT2D eigenvalue weighted by Gasteiger charge is 2.12. The molecular weight excluding hydrogens is 466 g/mol. The Hall–Kier alpha value is -3.72. The van der Waals surface area contributed by atoms with Crippen LogP contribution >= 0.6 is 15.9 Å². The summed E-state index contributed by atoms with van der Waals surface area (Å²) in [6.45, 7) is 0.202. The van der Waals surface area contributed by atoms with Crippen molar-refractivity contribution in [1.82, 2.24) is 5.43 Å². The molecule has 0 spiro atoms. The maximum absolute atomic E-state index is 12.0. The van der Waals surface area contributed by atoms with Crippen LogP contribution in [-0.2, 0) is 6.61 Å². The third-order valence-electron chi connectivity index (χ3n) is 4.20. The van der Waals surface area contributed by atoms with Gasteiger partial charge in [0.25, 0.3) is 11.6 Å². The molecule has 0 saturated heterocycles. The van der Waals surface area contributed by atoms with Crippen molar-refractivity contribution in [2.45, 2.75) is 6.61 Å². The van der Waals surface area contributed by atoms with Gasteiger partial charge in [-0.25, -0.2) is 5.43 Å². The fourth-order valence-corrected chi connectivity index (χ4v) is 3.22. The molecule has 1 amide bonds. The Bertz CT molecular complexity index is 1100. The van der Waals surface area contributed by atoms with Gasteiger partial charge in [0.2, 0.25) is 0 Å². The van der Waals surface area contributed by atoms with Gasteiger partial charge in [0.05, 0.1) is 22.7 Å². The third kappa shape index (κ3) is 5.89. The molecule has 0 unspecified atom stereocenters. The first-order valence-electron chi connectivity index (χ1n) is 9.10. The molecule has 3 aromatic rings. The number of nitrogens with one attached hydrogen (secondary N) is 1. The lowest BCUT2D eigenvalue weighted by Gasteiger charge is -2.13. The van der Waals surface area contributed by atoms with E-state index in [-0.39, 0.29) is 18.2 Å². The number of amides is 1. The van der Waals surface area contributed by atoms with Crippen molar-refractivity contribution in [3.8, 4) is 11.5 Å². The van der Waals surface area contributed by atoms with E-state index in [4.69, 9.17) is 9.47 Å². The minimum atomic E-state index is -0.452. The second kappa shape index (κ2) is 10.4. The number of methoxy groups -OCH3 is 1. The number of nitrogens with zero attached hydrogens (tertiary/aromatic N) is 2. The fourth-order valence-electron chi connectivity index (χ4n) is 2.64. The van der Waals surface area contributed by atoms with Gasteiger partial charge in [-0.15, -0.1) is 0 Å². The van der Waals surface area contributed by atoms with Crippen LogP contribution in [0.5, 0.6) is 11.5 Å². The SMILES string of the molecule is COc1cc(/C=N\NC(=O)c2ccccc2)cc(Br)c1OCc1ccc([N+](=O)[O-])cc1. The van der Waals surface area contributed by atoms with Crippen molar-refractivity contribution in [1.29, 1.82) is 0 Å². The summed E-state index contributed by atoms with van der Waals surface area (Å²) in [6.07, 6.45) is 1.49. The number of halogens is 1. The first-order chi connectivity index (χ1) is 15.0. The molecule has 0 aliphatic carbocycles. The average Bonchev–Trinajstić information content (AvgIpc) is 2.78. The zero-order chi connectivity index (χ0) is 22.2. The van der Waals surface area contributed by atoms with Crippen molar-refractivity contribution in [2.24, 2.45) is 5.10 Å². The van der Waals surface area contributed by atoms with Gasteiger partial charge in [-0.05, 0) is 63.5 Å². The van der Waals surface area contributed by atoms with E-state index in [0.717, 1.165) is 5.56 Å². The Morgan fingerprint density at radius 3 is 2.52 bits per heavy atom. The summed E-state index contributed by atoms with van der Waals surface area (Å²) in [5.74, 6) is 0.629. The van der Waals surface area contributed by atoms with Gasteiger partial charge < -0.3 is 9.47 Å². The van der Waals surface area contributed by atoms with Crippen LogP contribution in [0, 0.1) is 10.1 Å². The fraction of sp³-hybridized carbons (Fsp3) is 0.0909. The van der Waals surface area contributed by atoms with Crippen LogP contribution in [0.4, 0.5) is 5.69 Å². The lowest BCUT2D eigenvalue weighted by atomic mass is 10.2. The van der Waals surface area contributed by atoms with Gasteiger partial charge in [0.1, 0.15) is 6.61 Å². The molecule has 8 nitrogen and oxygen atoms in total. The van der Waals surface area contributed by atoms with Gasteiger partial charge in [0, 0.05) is 17.7 Å². The first kappa shape index (κ1) is 22.0. The second-order valence-electron chi connectivity index (χ2n) is 6.31. The largest absolute Gasteiger partial charge is 0.493 e. The molecular formula is C22H18BrN3O5. The highest BCUT2D eigenvalue weighted by atomic mass is 79.9. The van der Waals surface area contributed by atoms with E-state index in [1.165, 1.54) is 25.5 Å². The van der Waals surface area contributed by atoms with Crippen LogP contribution in [0.3, 0.4) is 0 Å². The van der Waals surface area contributed by atoms with Crippen molar-refractivity contribution in [2.75, 3.05) is 7.11 Å². The zero-order valence-corrected chi connectivity index (χ0v) is 18.0. The van der Waals surface area contributed by atoms with Crippen LogP contribution < -0.4 is 14.9 Å². The third-order valence-corrected chi connectivity index (χ3v) is 4.79. The number of nitro groups is 1. The number of ether oxygens (including phenoxy) is 2. The quantitative estimate of drug-likeness (QED) is 0.284. The van der Waals surface area contributed by atoms with Crippen LogP contribution in [0.15, 0.2) is 76.3 Å². The number of non-ortho nitro benzene ring substituents is 1. The Morgan fingerprint density at radius 1 is 1.16 bits per heavy atom. The van der Waals surface area contributed by atoms with Crippen molar-refractivity contribution >= 4 is 33.7 Å². The van der Waals surface area contributed by atoms with E-state index < -0.39 is 4.92 Å². The maximum Gasteiger partial charge on any atom is 0.271 e. The summed E-state index contributed by atoms with van der Waals surface area (Å²) in [5.41, 5.74) is 4.45. The summed E-state index contributed by atoms with van der Waals surface area (Å²) in [7, 11) is 1.51.